The van der Waals surface area contributed by atoms with E-state index in [4.69, 9.17) is 4.74 Å². The summed E-state index contributed by atoms with van der Waals surface area (Å²) in [6.45, 7) is 0. The standard InChI is InChI=1S/C23H19FN8O3/c1-35-19-12-8-17(9-13-19)27-22-28-21(26-16-6-10-18(11-7-16)32(33)34)29-23(30-22)31-25-14-15-4-2-3-5-20(15)24/h2-14H,1H3,(H3,26,27,28,29,30,31). The molecule has 12 heteroatoms. The van der Waals surface area contributed by atoms with Gasteiger partial charge in [-0.2, -0.15) is 20.1 Å². The maximum absolute atomic E-state index is 13.8. The van der Waals surface area contributed by atoms with Gasteiger partial charge in [-0.1, -0.05) is 18.2 Å². The van der Waals surface area contributed by atoms with Crippen molar-refractivity contribution in [1.29, 1.82) is 0 Å². The van der Waals surface area contributed by atoms with Gasteiger partial charge < -0.3 is 15.4 Å². The van der Waals surface area contributed by atoms with Crippen molar-refractivity contribution in [3.63, 3.8) is 0 Å². The molecule has 4 aromatic rings. The minimum absolute atomic E-state index is 0.0436. The summed E-state index contributed by atoms with van der Waals surface area (Å²) in [6, 6.07) is 19.1. The van der Waals surface area contributed by atoms with Gasteiger partial charge >= 0.3 is 0 Å². The molecule has 0 aliphatic carbocycles. The summed E-state index contributed by atoms with van der Waals surface area (Å²) in [6.07, 6.45) is 1.30. The fourth-order valence-corrected chi connectivity index (χ4v) is 2.88. The van der Waals surface area contributed by atoms with E-state index in [2.05, 4.69) is 36.1 Å². The first-order valence-corrected chi connectivity index (χ1v) is 10.2. The highest BCUT2D eigenvalue weighted by atomic mass is 19.1. The number of benzene rings is 3. The van der Waals surface area contributed by atoms with Crippen molar-refractivity contribution >= 4 is 41.1 Å². The van der Waals surface area contributed by atoms with Crippen LogP contribution in [0.25, 0.3) is 0 Å². The van der Waals surface area contributed by atoms with Crippen molar-refractivity contribution in [3.05, 3.63) is 94.3 Å². The number of non-ortho nitro benzene ring substituents is 1. The lowest BCUT2D eigenvalue weighted by molar-refractivity contribution is -0.384. The van der Waals surface area contributed by atoms with Gasteiger partial charge in [0.2, 0.25) is 17.8 Å². The molecule has 0 atom stereocenters. The summed E-state index contributed by atoms with van der Waals surface area (Å²) in [4.78, 5) is 23.3. The van der Waals surface area contributed by atoms with E-state index in [-0.39, 0.29) is 29.1 Å². The van der Waals surface area contributed by atoms with E-state index in [9.17, 15) is 14.5 Å². The molecule has 4 rings (SSSR count). The zero-order valence-corrected chi connectivity index (χ0v) is 18.3. The maximum Gasteiger partial charge on any atom is 0.269 e. The molecule has 0 fully saturated rings. The Balaban J connectivity index is 1.58. The van der Waals surface area contributed by atoms with Crippen LogP contribution in [0, 0.1) is 15.9 Å². The summed E-state index contributed by atoms with van der Waals surface area (Å²) < 4.78 is 19.0. The summed E-state index contributed by atoms with van der Waals surface area (Å²) in [7, 11) is 1.57. The topological polar surface area (TPSA) is 139 Å². The van der Waals surface area contributed by atoms with Gasteiger partial charge in [-0.3, -0.25) is 10.1 Å². The average Bonchev–Trinajstić information content (AvgIpc) is 2.86. The van der Waals surface area contributed by atoms with Gasteiger partial charge in [0.15, 0.2) is 0 Å². The molecule has 0 amide bonds. The molecule has 0 saturated carbocycles. The van der Waals surface area contributed by atoms with Crippen LogP contribution in [0.15, 0.2) is 77.9 Å². The van der Waals surface area contributed by atoms with E-state index in [1.54, 1.807) is 49.6 Å². The molecular weight excluding hydrogens is 455 g/mol. The molecule has 3 N–H and O–H groups in total. The number of halogens is 1. The largest absolute Gasteiger partial charge is 0.497 e. The Morgan fingerprint density at radius 3 is 2.03 bits per heavy atom. The Bertz CT molecular complexity index is 1350. The Hall–Kier alpha value is -5.13. The normalized spacial score (nSPS) is 10.7. The van der Waals surface area contributed by atoms with Gasteiger partial charge in [-0.25, -0.2) is 9.82 Å². The fraction of sp³-hybridized carbons (Fsp3) is 0.0435. The maximum atomic E-state index is 13.8. The molecule has 0 saturated heterocycles. The minimum Gasteiger partial charge on any atom is -0.497 e. The van der Waals surface area contributed by atoms with E-state index >= 15 is 0 Å². The molecule has 0 aliphatic heterocycles. The Kier molecular flexibility index (Phi) is 7.02. The van der Waals surface area contributed by atoms with E-state index < -0.39 is 10.7 Å². The lowest BCUT2D eigenvalue weighted by Gasteiger charge is -2.10. The highest BCUT2D eigenvalue weighted by molar-refractivity contribution is 5.80. The lowest BCUT2D eigenvalue weighted by Crippen LogP contribution is -2.07. The molecule has 176 valence electrons. The van der Waals surface area contributed by atoms with E-state index in [0.717, 1.165) is 0 Å². The van der Waals surface area contributed by atoms with Crippen LogP contribution < -0.4 is 20.8 Å². The number of hydrogen-bond acceptors (Lipinski definition) is 10. The zero-order chi connectivity index (χ0) is 24.6. The highest BCUT2D eigenvalue weighted by Crippen LogP contribution is 2.22. The van der Waals surface area contributed by atoms with Gasteiger partial charge in [0.25, 0.3) is 5.69 Å². The number of hydrazone groups is 1. The number of hydrogen-bond donors (Lipinski definition) is 3. The molecule has 11 nitrogen and oxygen atoms in total. The third-order valence-electron chi connectivity index (χ3n) is 4.59. The number of methoxy groups -OCH3 is 1. The number of aromatic nitrogens is 3. The van der Waals surface area contributed by atoms with Gasteiger partial charge in [-0.05, 0) is 42.5 Å². The molecule has 0 unspecified atom stereocenters. The second-order valence-electron chi connectivity index (χ2n) is 6.98. The first-order valence-electron chi connectivity index (χ1n) is 10.2. The quantitative estimate of drug-likeness (QED) is 0.176. The van der Waals surface area contributed by atoms with Crippen molar-refractivity contribution in [1.82, 2.24) is 15.0 Å². The average molecular weight is 474 g/mol. The molecule has 0 radical (unpaired) electrons. The van der Waals surface area contributed by atoms with Crippen LogP contribution in [0.2, 0.25) is 0 Å². The molecule has 35 heavy (non-hydrogen) atoms. The zero-order valence-electron chi connectivity index (χ0n) is 18.3. The monoisotopic (exact) mass is 474 g/mol. The molecule has 3 aromatic carbocycles. The van der Waals surface area contributed by atoms with Gasteiger partial charge in [-0.15, -0.1) is 0 Å². The predicted octanol–water partition coefficient (Wildman–Crippen LogP) is 4.86. The summed E-state index contributed by atoms with van der Waals surface area (Å²) in [5.41, 5.74) is 4.13. The molecule has 0 spiro atoms. The summed E-state index contributed by atoms with van der Waals surface area (Å²) in [5, 5.41) is 20.9. The number of nitro groups is 1. The summed E-state index contributed by atoms with van der Waals surface area (Å²) >= 11 is 0. The van der Waals surface area contributed by atoms with Gasteiger partial charge in [0.1, 0.15) is 11.6 Å². The number of nitro benzene ring substituents is 1. The SMILES string of the molecule is COc1ccc(Nc2nc(NN=Cc3ccccc3F)nc(Nc3ccc([N+](=O)[O-])cc3)n2)cc1. The van der Waals surface area contributed by atoms with Crippen LogP contribution in [0.5, 0.6) is 5.75 Å². The minimum atomic E-state index is -0.487. The lowest BCUT2D eigenvalue weighted by atomic mass is 10.2. The number of nitrogens with zero attached hydrogens (tertiary/aromatic N) is 5. The van der Waals surface area contributed by atoms with Crippen molar-refractivity contribution in [2.45, 2.75) is 0 Å². The second-order valence-corrected chi connectivity index (χ2v) is 6.98. The highest BCUT2D eigenvalue weighted by Gasteiger charge is 2.09. The van der Waals surface area contributed by atoms with Crippen LogP contribution in [0.1, 0.15) is 5.56 Å². The molecule has 1 aromatic heterocycles. The number of ether oxygens (including phenoxy) is 1. The first kappa shape index (κ1) is 23.0. The first-order chi connectivity index (χ1) is 17.0. The smallest absolute Gasteiger partial charge is 0.269 e. The Morgan fingerprint density at radius 1 is 0.886 bits per heavy atom. The predicted molar refractivity (Wildman–Crippen MR) is 130 cm³/mol. The number of nitrogens with one attached hydrogen (secondary N) is 3. The van der Waals surface area contributed by atoms with Crippen molar-refractivity contribution in [2.24, 2.45) is 5.10 Å². The number of rotatable bonds is 9. The van der Waals surface area contributed by atoms with Crippen molar-refractivity contribution < 1.29 is 14.1 Å². The number of anilines is 5. The van der Waals surface area contributed by atoms with E-state index in [0.29, 0.717) is 17.1 Å². The van der Waals surface area contributed by atoms with Gasteiger partial charge in [0, 0.05) is 29.1 Å². The van der Waals surface area contributed by atoms with Crippen LogP contribution in [0.3, 0.4) is 0 Å². The third kappa shape index (κ3) is 6.22. The second kappa shape index (κ2) is 10.7. The molecule has 0 aliphatic rings. The molecule has 1 heterocycles. The fourth-order valence-electron chi connectivity index (χ4n) is 2.88. The Morgan fingerprint density at radius 2 is 1.46 bits per heavy atom. The summed E-state index contributed by atoms with van der Waals surface area (Å²) in [5.74, 6) is 0.687. The van der Waals surface area contributed by atoms with Crippen LogP contribution >= 0.6 is 0 Å². The van der Waals surface area contributed by atoms with E-state index in [1.807, 2.05) is 0 Å². The Labute approximate surface area is 198 Å². The van der Waals surface area contributed by atoms with Crippen LogP contribution in [-0.2, 0) is 0 Å². The van der Waals surface area contributed by atoms with E-state index in [1.165, 1.54) is 36.5 Å². The van der Waals surface area contributed by atoms with Crippen molar-refractivity contribution in [2.75, 3.05) is 23.2 Å². The van der Waals surface area contributed by atoms with Gasteiger partial charge in [0.05, 0.1) is 18.2 Å². The van der Waals surface area contributed by atoms with Crippen LogP contribution in [-0.4, -0.2) is 33.2 Å². The molecular formula is C23H19FN8O3. The van der Waals surface area contributed by atoms with Crippen molar-refractivity contribution in [3.8, 4) is 5.75 Å². The molecule has 0 bridgehead atoms. The van der Waals surface area contributed by atoms with Crippen LogP contribution in [0.4, 0.5) is 39.3 Å². The third-order valence-corrected chi connectivity index (χ3v) is 4.59.